The molecule has 3 rings (SSSR count). The third-order valence-electron chi connectivity index (χ3n) is 3.07. The molecule has 3 aromatic rings. The molecule has 0 radical (unpaired) electrons. The average Bonchev–Trinajstić information content (AvgIpc) is 3.28. The van der Waals surface area contributed by atoms with Crippen molar-refractivity contribution in [3.8, 4) is 5.69 Å². The number of nitrogens with zero attached hydrogens (tertiary/aromatic N) is 6. The molecule has 0 bridgehead atoms. The number of benzene rings is 1. The number of tetrazole rings is 1. The van der Waals surface area contributed by atoms with Gasteiger partial charge in [0.2, 0.25) is 22.9 Å². The molecule has 25 heavy (non-hydrogen) atoms. The Hall–Kier alpha value is -2.79. The van der Waals surface area contributed by atoms with Crippen molar-refractivity contribution in [2.24, 2.45) is 0 Å². The number of anilines is 1. The highest BCUT2D eigenvalue weighted by atomic mass is 32.2. The van der Waals surface area contributed by atoms with Gasteiger partial charge in [0.1, 0.15) is 6.61 Å². The summed E-state index contributed by atoms with van der Waals surface area (Å²) in [6.45, 7) is 1.04. The summed E-state index contributed by atoms with van der Waals surface area (Å²) >= 11 is 1.22. The number of carbonyl (C=O) groups excluding carboxylic acids is 1. The maximum atomic E-state index is 12.0. The van der Waals surface area contributed by atoms with Crippen LogP contribution in [0.25, 0.3) is 5.69 Å². The molecule has 11 heteroatoms. The molecule has 2 heterocycles. The summed E-state index contributed by atoms with van der Waals surface area (Å²) in [5.74, 6) is 0.151. The predicted molar refractivity (Wildman–Crippen MR) is 87.1 cm³/mol. The minimum atomic E-state index is -0.248. The first-order chi connectivity index (χ1) is 12.3. The van der Waals surface area contributed by atoms with Crippen LogP contribution in [-0.4, -0.2) is 50.9 Å². The molecule has 0 saturated carbocycles. The van der Waals surface area contributed by atoms with Gasteiger partial charge in [0, 0.05) is 7.11 Å². The summed E-state index contributed by atoms with van der Waals surface area (Å²) in [6.07, 6.45) is 1.59. The van der Waals surface area contributed by atoms with Crippen LogP contribution in [-0.2, 0) is 16.1 Å². The van der Waals surface area contributed by atoms with Gasteiger partial charge >= 0.3 is 5.88 Å². The fraction of sp³-hybridized carbons (Fsp3) is 0.286. The van der Waals surface area contributed by atoms with E-state index in [2.05, 4.69) is 26.1 Å². The van der Waals surface area contributed by atoms with Crippen molar-refractivity contribution in [1.29, 1.82) is 0 Å². The Kier molecular flexibility index (Phi) is 5.69. The molecule has 1 amide bonds. The van der Waals surface area contributed by atoms with Gasteiger partial charge in [0.25, 0.3) is 6.20 Å². The van der Waals surface area contributed by atoms with E-state index in [1.807, 2.05) is 30.3 Å². The van der Waals surface area contributed by atoms with Crippen LogP contribution in [0.3, 0.4) is 0 Å². The lowest BCUT2D eigenvalue weighted by atomic mass is 10.3. The number of nitrogens with one attached hydrogen (secondary N) is 1. The molecule has 0 aliphatic carbocycles. The summed E-state index contributed by atoms with van der Waals surface area (Å²) in [6, 6.07) is 9.45. The highest BCUT2D eigenvalue weighted by Gasteiger charge is 2.16. The first-order valence-electron chi connectivity index (χ1n) is 7.38. The molecule has 0 fully saturated rings. The second kappa shape index (κ2) is 8.35. The van der Waals surface area contributed by atoms with Gasteiger partial charge in [-0.15, -0.1) is 5.10 Å². The summed E-state index contributed by atoms with van der Waals surface area (Å²) in [5, 5.41) is 18.5. The Morgan fingerprint density at radius 1 is 1.40 bits per heavy atom. The van der Waals surface area contributed by atoms with Gasteiger partial charge in [-0.3, -0.25) is 14.6 Å². The summed E-state index contributed by atoms with van der Waals surface area (Å²) in [5.41, 5.74) is 0.824. The molecule has 0 aliphatic rings. The van der Waals surface area contributed by atoms with Gasteiger partial charge in [0.15, 0.2) is 0 Å². The number of amides is 1. The maximum absolute atomic E-state index is 12.0. The Morgan fingerprint density at radius 3 is 3.04 bits per heavy atom. The topological polar surface area (TPSA) is 112 Å². The molecule has 0 atom stereocenters. The van der Waals surface area contributed by atoms with Crippen LogP contribution in [0.4, 0.5) is 5.88 Å². The molecule has 130 valence electrons. The minimum Gasteiger partial charge on any atom is -0.378 e. The number of rotatable bonds is 8. The predicted octanol–water partition coefficient (Wildman–Crippen LogP) is 0.315. The Labute approximate surface area is 147 Å². The van der Waals surface area contributed by atoms with E-state index in [0.717, 1.165) is 5.69 Å². The molecule has 0 aliphatic heterocycles. The lowest BCUT2D eigenvalue weighted by molar-refractivity contribution is -0.763. The lowest BCUT2D eigenvalue weighted by Crippen LogP contribution is -2.36. The molecule has 1 aromatic carbocycles. The number of hydrogen-bond acceptors (Lipinski definition) is 8. The zero-order valence-corrected chi connectivity index (χ0v) is 14.2. The SMILES string of the molecule is COCC[n+]1cc(NC(=O)CSc2nnnn2-c2ccccc2)on1. The van der Waals surface area contributed by atoms with E-state index in [-0.39, 0.29) is 17.5 Å². The smallest absolute Gasteiger partial charge is 0.302 e. The number of ether oxygens (including phenoxy) is 1. The number of methoxy groups -OCH3 is 1. The zero-order valence-electron chi connectivity index (χ0n) is 13.4. The quantitative estimate of drug-likeness (QED) is 0.450. The van der Waals surface area contributed by atoms with Crippen LogP contribution in [0.1, 0.15) is 0 Å². The second-order valence-electron chi connectivity index (χ2n) is 4.87. The van der Waals surface area contributed by atoms with E-state index in [9.17, 15) is 4.79 Å². The number of hydrogen-bond donors (Lipinski definition) is 1. The van der Waals surface area contributed by atoms with Gasteiger partial charge in [0.05, 0.1) is 11.4 Å². The third kappa shape index (κ3) is 4.61. The molecule has 0 spiro atoms. The highest BCUT2D eigenvalue weighted by Crippen LogP contribution is 2.18. The Bertz CT molecular complexity index is 821. The van der Waals surface area contributed by atoms with Gasteiger partial charge in [-0.25, -0.2) is 0 Å². The maximum Gasteiger partial charge on any atom is 0.302 e. The highest BCUT2D eigenvalue weighted by molar-refractivity contribution is 7.99. The number of para-hydroxylation sites is 1. The molecule has 2 aromatic heterocycles. The van der Waals surface area contributed by atoms with Crippen molar-refractivity contribution in [3.63, 3.8) is 0 Å². The lowest BCUT2D eigenvalue weighted by Gasteiger charge is -2.03. The van der Waals surface area contributed by atoms with Crippen LogP contribution in [0.15, 0.2) is 46.2 Å². The van der Waals surface area contributed by atoms with Gasteiger partial charge in [-0.05, 0) is 27.2 Å². The van der Waals surface area contributed by atoms with Gasteiger partial charge in [-0.2, -0.15) is 4.68 Å². The van der Waals surface area contributed by atoms with Crippen molar-refractivity contribution in [2.75, 3.05) is 24.8 Å². The summed E-state index contributed by atoms with van der Waals surface area (Å²) < 4.78 is 13.1. The van der Waals surface area contributed by atoms with Crippen LogP contribution in [0, 0.1) is 0 Å². The third-order valence-corrected chi connectivity index (χ3v) is 3.99. The number of aromatic nitrogens is 6. The first-order valence-corrected chi connectivity index (χ1v) is 8.36. The normalized spacial score (nSPS) is 10.8. The number of carbonyl (C=O) groups is 1. The van der Waals surface area contributed by atoms with E-state index in [0.29, 0.717) is 18.3 Å². The van der Waals surface area contributed by atoms with Crippen molar-refractivity contribution in [2.45, 2.75) is 11.7 Å². The molecule has 0 unspecified atom stereocenters. The van der Waals surface area contributed by atoms with Crippen molar-refractivity contribution in [3.05, 3.63) is 36.5 Å². The zero-order chi connectivity index (χ0) is 17.5. The van der Waals surface area contributed by atoms with Crippen molar-refractivity contribution < 1.29 is 18.7 Å². The monoisotopic (exact) mass is 362 g/mol. The van der Waals surface area contributed by atoms with Crippen LogP contribution >= 0.6 is 11.8 Å². The van der Waals surface area contributed by atoms with E-state index in [4.69, 9.17) is 9.26 Å². The molecular weight excluding hydrogens is 346 g/mol. The molecule has 1 N–H and O–H groups in total. The Balaban J connectivity index is 1.55. The molecule has 10 nitrogen and oxygen atoms in total. The average molecular weight is 362 g/mol. The van der Waals surface area contributed by atoms with E-state index >= 15 is 0 Å². The molecule has 0 saturated heterocycles. The fourth-order valence-corrected chi connectivity index (χ4v) is 2.62. The fourth-order valence-electron chi connectivity index (χ4n) is 1.93. The van der Waals surface area contributed by atoms with Crippen molar-refractivity contribution >= 4 is 23.6 Å². The standard InChI is InChI=1S/C14H15N7O3S/c1-23-8-7-20-9-13(24-19-20)15-12(22)10-25-14-16-17-18-21(14)11-5-3-2-4-6-11/h2-6,9H,7-8,10H2,1H3/p+1. The number of thioether (sulfide) groups is 1. The van der Waals surface area contributed by atoms with Crippen LogP contribution in [0.2, 0.25) is 0 Å². The van der Waals surface area contributed by atoms with Crippen LogP contribution < -0.4 is 10.00 Å². The minimum absolute atomic E-state index is 0.131. The van der Waals surface area contributed by atoms with E-state index in [1.54, 1.807) is 22.7 Å². The van der Waals surface area contributed by atoms with Crippen molar-refractivity contribution in [1.82, 2.24) is 25.5 Å². The van der Waals surface area contributed by atoms with Gasteiger partial charge < -0.3 is 4.74 Å². The first kappa shape index (κ1) is 17.0. The molecular formula is C14H16N7O3S+. The largest absolute Gasteiger partial charge is 0.378 e. The Morgan fingerprint density at radius 2 is 2.24 bits per heavy atom. The van der Waals surface area contributed by atoms with Crippen LogP contribution in [0.5, 0.6) is 0 Å². The van der Waals surface area contributed by atoms with E-state index in [1.165, 1.54) is 11.8 Å². The van der Waals surface area contributed by atoms with Gasteiger partial charge in [-0.1, -0.05) is 30.0 Å². The second-order valence-corrected chi connectivity index (χ2v) is 5.81. The summed E-state index contributed by atoms with van der Waals surface area (Å²) in [7, 11) is 1.60. The van der Waals surface area contributed by atoms with E-state index < -0.39 is 0 Å². The summed E-state index contributed by atoms with van der Waals surface area (Å²) in [4.78, 5) is 12.0.